The number of halogens is 1. The summed E-state index contributed by atoms with van der Waals surface area (Å²) in [6, 6.07) is 16.8. The summed E-state index contributed by atoms with van der Waals surface area (Å²) in [5.41, 5.74) is 1.53. The number of nitrogens with zero attached hydrogens (tertiary/aromatic N) is 2. The van der Waals surface area contributed by atoms with E-state index in [2.05, 4.69) is 5.32 Å². The number of methoxy groups -OCH3 is 1. The van der Waals surface area contributed by atoms with Crippen molar-refractivity contribution in [1.82, 2.24) is 9.80 Å². The fraction of sp³-hybridized carbons (Fsp3) is 0.300. The van der Waals surface area contributed by atoms with Gasteiger partial charge in [-0.05, 0) is 30.3 Å². The van der Waals surface area contributed by atoms with E-state index in [1.165, 1.54) is 0 Å². The van der Waals surface area contributed by atoms with Crippen LogP contribution in [0, 0.1) is 0 Å². The Morgan fingerprint density at radius 2 is 1.63 bits per heavy atom. The molecule has 0 spiro atoms. The number of piperazine rings is 1. The molecule has 1 aliphatic rings. The number of carbonyl (C=O) groups excluding carboxylic acids is 2. The van der Waals surface area contributed by atoms with Gasteiger partial charge in [0.15, 0.2) is 0 Å². The van der Waals surface area contributed by atoms with Crippen molar-refractivity contribution >= 4 is 29.9 Å². The molecule has 144 valence electrons. The maximum Gasteiger partial charge on any atom is 0.254 e. The molecule has 1 aliphatic heterocycles. The Balaban J connectivity index is 0.00000261. The lowest BCUT2D eigenvalue weighted by Crippen LogP contribution is -2.51. The molecule has 0 radical (unpaired) electrons. The lowest BCUT2D eigenvalue weighted by molar-refractivity contribution is -0.130. The molecule has 3 rings (SSSR count). The van der Waals surface area contributed by atoms with Gasteiger partial charge in [0, 0.05) is 37.4 Å². The van der Waals surface area contributed by atoms with Crippen molar-refractivity contribution in [3.05, 3.63) is 60.2 Å². The van der Waals surface area contributed by atoms with Crippen molar-refractivity contribution in [1.29, 1.82) is 0 Å². The number of rotatable bonds is 5. The molecule has 1 heterocycles. The highest BCUT2D eigenvalue weighted by Gasteiger charge is 2.24. The van der Waals surface area contributed by atoms with Gasteiger partial charge in [0.1, 0.15) is 5.75 Å². The molecule has 1 fully saturated rings. The van der Waals surface area contributed by atoms with Crippen LogP contribution in [0.3, 0.4) is 0 Å². The molecular formula is C20H24ClN3O3. The third kappa shape index (κ3) is 5.37. The number of amides is 2. The van der Waals surface area contributed by atoms with Crippen molar-refractivity contribution in [2.24, 2.45) is 0 Å². The Morgan fingerprint density at radius 3 is 2.30 bits per heavy atom. The lowest BCUT2D eigenvalue weighted by atomic mass is 10.1. The number of ether oxygens (including phenoxy) is 1. The Kier molecular flexibility index (Phi) is 7.49. The number of para-hydroxylation sites is 1. The Bertz CT molecular complexity index is 762. The van der Waals surface area contributed by atoms with Crippen LogP contribution in [0.4, 0.5) is 5.69 Å². The van der Waals surface area contributed by atoms with Gasteiger partial charge < -0.3 is 19.9 Å². The van der Waals surface area contributed by atoms with Gasteiger partial charge in [-0.15, -0.1) is 12.4 Å². The Labute approximate surface area is 165 Å². The number of anilines is 1. The summed E-state index contributed by atoms with van der Waals surface area (Å²) in [4.78, 5) is 28.5. The molecule has 2 aromatic carbocycles. The summed E-state index contributed by atoms with van der Waals surface area (Å²) in [7, 11) is 1.58. The van der Waals surface area contributed by atoms with Crippen LogP contribution in [0.1, 0.15) is 10.4 Å². The van der Waals surface area contributed by atoms with E-state index >= 15 is 0 Å². The maximum atomic E-state index is 12.6. The Morgan fingerprint density at radius 1 is 0.963 bits per heavy atom. The fourth-order valence-corrected chi connectivity index (χ4v) is 2.94. The number of benzene rings is 2. The quantitative estimate of drug-likeness (QED) is 0.853. The van der Waals surface area contributed by atoms with Crippen LogP contribution >= 0.6 is 12.4 Å². The predicted molar refractivity (Wildman–Crippen MR) is 108 cm³/mol. The highest BCUT2D eigenvalue weighted by molar-refractivity contribution is 5.94. The predicted octanol–water partition coefficient (Wildman–Crippen LogP) is 2.51. The average Bonchev–Trinajstić information content (AvgIpc) is 2.72. The summed E-state index contributed by atoms with van der Waals surface area (Å²) in [5.74, 6) is 0.678. The summed E-state index contributed by atoms with van der Waals surface area (Å²) >= 11 is 0. The molecule has 1 saturated heterocycles. The molecule has 7 heteroatoms. The van der Waals surface area contributed by atoms with Crippen LogP contribution < -0.4 is 10.1 Å². The number of nitrogens with one attached hydrogen (secondary N) is 1. The first kappa shape index (κ1) is 20.6. The highest BCUT2D eigenvalue weighted by atomic mass is 35.5. The minimum atomic E-state index is -0.0293. The van der Waals surface area contributed by atoms with E-state index < -0.39 is 0 Å². The topological polar surface area (TPSA) is 61.9 Å². The van der Waals surface area contributed by atoms with E-state index in [1.54, 1.807) is 35.1 Å². The zero-order valence-electron chi connectivity index (χ0n) is 15.3. The molecule has 0 saturated carbocycles. The van der Waals surface area contributed by atoms with Crippen LogP contribution in [0.15, 0.2) is 54.6 Å². The van der Waals surface area contributed by atoms with E-state index in [-0.39, 0.29) is 30.8 Å². The van der Waals surface area contributed by atoms with Crippen LogP contribution in [0.5, 0.6) is 5.75 Å². The van der Waals surface area contributed by atoms with E-state index in [4.69, 9.17) is 4.74 Å². The SMILES string of the molecule is COc1cccc(C(=O)N2CCN(C(=O)CNc3ccccc3)CC2)c1.Cl. The third-order valence-corrected chi connectivity index (χ3v) is 4.45. The van der Waals surface area contributed by atoms with E-state index in [0.717, 1.165) is 5.69 Å². The van der Waals surface area contributed by atoms with Gasteiger partial charge in [-0.3, -0.25) is 9.59 Å². The van der Waals surface area contributed by atoms with Crippen LogP contribution in [0.25, 0.3) is 0 Å². The van der Waals surface area contributed by atoms with Crippen molar-refractivity contribution < 1.29 is 14.3 Å². The molecule has 2 amide bonds. The normalized spacial score (nSPS) is 13.5. The monoisotopic (exact) mass is 389 g/mol. The zero-order valence-corrected chi connectivity index (χ0v) is 16.1. The molecule has 0 bridgehead atoms. The lowest BCUT2D eigenvalue weighted by Gasteiger charge is -2.35. The average molecular weight is 390 g/mol. The summed E-state index contributed by atoms with van der Waals surface area (Å²) in [6.07, 6.45) is 0. The molecule has 0 atom stereocenters. The van der Waals surface area contributed by atoms with Crippen LogP contribution in [0.2, 0.25) is 0 Å². The van der Waals surface area contributed by atoms with Gasteiger partial charge in [-0.2, -0.15) is 0 Å². The molecule has 6 nitrogen and oxygen atoms in total. The second kappa shape index (κ2) is 9.83. The highest BCUT2D eigenvalue weighted by Crippen LogP contribution is 2.15. The smallest absolute Gasteiger partial charge is 0.254 e. The first-order valence-electron chi connectivity index (χ1n) is 8.67. The van der Waals surface area contributed by atoms with Gasteiger partial charge in [0.25, 0.3) is 5.91 Å². The van der Waals surface area contributed by atoms with E-state index in [1.807, 2.05) is 36.4 Å². The maximum absolute atomic E-state index is 12.6. The summed E-state index contributed by atoms with van der Waals surface area (Å²) < 4.78 is 5.17. The first-order valence-corrected chi connectivity index (χ1v) is 8.67. The third-order valence-electron chi connectivity index (χ3n) is 4.45. The molecule has 0 aliphatic carbocycles. The van der Waals surface area contributed by atoms with Gasteiger partial charge in [-0.1, -0.05) is 24.3 Å². The largest absolute Gasteiger partial charge is 0.497 e. The number of carbonyl (C=O) groups is 2. The summed E-state index contributed by atoms with van der Waals surface area (Å²) in [6.45, 7) is 2.42. The number of hydrogen-bond acceptors (Lipinski definition) is 4. The molecule has 0 unspecified atom stereocenters. The standard InChI is InChI=1S/C20H23N3O3.ClH/c1-26-18-9-5-6-16(14-18)20(25)23-12-10-22(11-13-23)19(24)15-21-17-7-3-2-4-8-17;/h2-9,14,21H,10-13,15H2,1H3;1H. The second-order valence-electron chi connectivity index (χ2n) is 6.12. The van der Waals surface area contributed by atoms with Crippen molar-refractivity contribution in [3.63, 3.8) is 0 Å². The molecule has 2 aromatic rings. The molecule has 0 aromatic heterocycles. The van der Waals surface area contributed by atoms with Crippen LogP contribution in [-0.4, -0.2) is 61.4 Å². The van der Waals surface area contributed by atoms with Gasteiger partial charge in [-0.25, -0.2) is 0 Å². The minimum absolute atomic E-state index is 0. The van der Waals surface area contributed by atoms with Crippen molar-refractivity contribution in [2.45, 2.75) is 0 Å². The van der Waals surface area contributed by atoms with Crippen molar-refractivity contribution in [3.8, 4) is 5.75 Å². The summed E-state index contributed by atoms with van der Waals surface area (Å²) in [5, 5.41) is 3.13. The Hall–Kier alpha value is -2.73. The molecule has 1 N–H and O–H groups in total. The molecule has 27 heavy (non-hydrogen) atoms. The first-order chi connectivity index (χ1) is 12.7. The second-order valence-corrected chi connectivity index (χ2v) is 6.12. The van der Waals surface area contributed by atoms with E-state index in [0.29, 0.717) is 37.5 Å². The number of hydrogen-bond donors (Lipinski definition) is 1. The van der Waals surface area contributed by atoms with Crippen molar-refractivity contribution in [2.75, 3.05) is 45.2 Å². The van der Waals surface area contributed by atoms with Crippen LogP contribution in [-0.2, 0) is 4.79 Å². The molecular weight excluding hydrogens is 366 g/mol. The zero-order chi connectivity index (χ0) is 18.4. The van der Waals surface area contributed by atoms with Gasteiger partial charge in [0.2, 0.25) is 5.91 Å². The fourth-order valence-electron chi connectivity index (χ4n) is 2.94. The minimum Gasteiger partial charge on any atom is -0.497 e. The van der Waals surface area contributed by atoms with Gasteiger partial charge >= 0.3 is 0 Å². The van der Waals surface area contributed by atoms with Gasteiger partial charge in [0.05, 0.1) is 13.7 Å². The van der Waals surface area contributed by atoms with E-state index in [9.17, 15) is 9.59 Å².